The number of aryl methyl sites for hydroxylation is 1. The van der Waals surface area contributed by atoms with Gasteiger partial charge in [0.15, 0.2) is 0 Å². The number of phenolic OH excluding ortho intramolecular Hbond substituents is 1. The van der Waals surface area contributed by atoms with Crippen LogP contribution in [0, 0.1) is 6.92 Å². The van der Waals surface area contributed by atoms with Crippen LogP contribution in [0.1, 0.15) is 11.1 Å². The monoisotopic (exact) mass is 212 g/mol. The van der Waals surface area contributed by atoms with Crippen molar-refractivity contribution in [3.63, 3.8) is 0 Å². The smallest absolute Gasteiger partial charge is 0.133 e. The molecule has 0 amide bonds. The summed E-state index contributed by atoms with van der Waals surface area (Å²) in [6.07, 6.45) is 0. The van der Waals surface area contributed by atoms with E-state index in [0.29, 0.717) is 11.6 Å². The van der Waals surface area contributed by atoms with Crippen LogP contribution in [0.3, 0.4) is 0 Å². The highest BCUT2D eigenvalue weighted by atomic mass is 35.5. The Morgan fingerprint density at radius 2 is 2.31 bits per heavy atom. The number of hydrogen-bond acceptors (Lipinski definition) is 2. The van der Waals surface area contributed by atoms with E-state index < -0.39 is 0 Å². The molecule has 3 heteroatoms. The molecule has 1 aromatic carbocycles. The summed E-state index contributed by atoms with van der Waals surface area (Å²) in [5.74, 6) is 0.857. The van der Waals surface area contributed by atoms with Gasteiger partial charge in [-0.1, -0.05) is 0 Å². The van der Waals surface area contributed by atoms with Gasteiger partial charge in [0.25, 0.3) is 0 Å². The van der Waals surface area contributed by atoms with Gasteiger partial charge in [0.2, 0.25) is 0 Å². The SMILES string of the molecule is Cc1cc(O)c2sccc2c1CCl. The van der Waals surface area contributed by atoms with Crippen molar-refractivity contribution in [3.8, 4) is 5.75 Å². The second kappa shape index (κ2) is 3.20. The van der Waals surface area contributed by atoms with Crippen molar-refractivity contribution < 1.29 is 5.11 Å². The molecule has 0 spiro atoms. The zero-order valence-electron chi connectivity index (χ0n) is 7.17. The minimum absolute atomic E-state index is 0.358. The van der Waals surface area contributed by atoms with Crippen molar-refractivity contribution >= 4 is 33.0 Å². The average molecular weight is 213 g/mol. The Morgan fingerprint density at radius 3 is 3.00 bits per heavy atom. The highest BCUT2D eigenvalue weighted by Gasteiger charge is 2.08. The van der Waals surface area contributed by atoms with E-state index in [1.165, 1.54) is 0 Å². The Morgan fingerprint density at radius 1 is 1.54 bits per heavy atom. The molecule has 0 unspecified atom stereocenters. The van der Waals surface area contributed by atoms with E-state index in [1.54, 1.807) is 17.4 Å². The summed E-state index contributed by atoms with van der Waals surface area (Å²) in [5.41, 5.74) is 2.18. The minimum atomic E-state index is 0.358. The van der Waals surface area contributed by atoms with Gasteiger partial charge < -0.3 is 5.11 Å². The van der Waals surface area contributed by atoms with E-state index in [2.05, 4.69) is 0 Å². The zero-order chi connectivity index (χ0) is 9.42. The Hall–Kier alpha value is -0.730. The number of fused-ring (bicyclic) bond motifs is 1. The number of benzene rings is 1. The van der Waals surface area contributed by atoms with E-state index >= 15 is 0 Å². The highest BCUT2D eigenvalue weighted by molar-refractivity contribution is 7.17. The second-order valence-electron chi connectivity index (χ2n) is 2.99. The fraction of sp³-hybridized carbons (Fsp3) is 0.200. The lowest BCUT2D eigenvalue weighted by molar-refractivity contribution is 0.482. The number of aromatic hydroxyl groups is 1. The molecule has 1 N–H and O–H groups in total. The minimum Gasteiger partial charge on any atom is -0.506 e. The van der Waals surface area contributed by atoms with E-state index in [4.69, 9.17) is 11.6 Å². The standard InChI is InChI=1S/C10H9ClOS/c1-6-4-9(12)10-7(2-3-13-10)8(6)5-11/h2-4,12H,5H2,1H3. The summed E-state index contributed by atoms with van der Waals surface area (Å²) in [6, 6.07) is 3.78. The quantitative estimate of drug-likeness (QED) is 0.716. The number of phenols is 1. The van der Waals surface area contributed by atoms with Gasteiger partial charge in [-0.2, -0.15) is 0 Å². The van der Waals surface area contributed by atoms with Crippen LogP contribution in [0.25, 0.3) is 10.1 Å². The van der Waals surface area contributed by atoms with Crippen molar-refractivity contribution in [3.05, 3.63) is 28.6 Å². The van der Waals surface area contributed by atoms with E-state index in [-0.39, 0.29) is 0 Å². The third kappa shape index (κ3) is 1.30. The molecule has 68 valence electrons. The fourth-order valence-corrected chi connectivity index (χ4v) is 2.69. The lowest BCUT2D eigenvalue weighted by Gasteiger charge is -2.05. The van der Waals surface area contributed by atoms with Gasteiger partial charge in [0.05, 0.1) is 4.70 Å². The van der Waals surface area contributed by atoms with Crippen LogP contribution in [0.5, 0.6) is 5.75 Å². The van der Waals surface area contributed by atoms with Crippen molar-refractivity contribution in [1.29, 1.82) is 0 Å². The largest absolute Gasteiger partial charge is 0.506 e. The molecule has 0 atom stereocenters. The Bertz CT molecular complexity index is 447. The first kappa shape index (κ1) is 8.85. The van der Waals surface area contributed by atoms with Crippen molar-refractivity contribution in [2.24, 2.45) is 0 Å². The van der Waals surface area contributed by atoms with Crippen LogP contribution in [0.15, 0.2) is 17.5 Å². The maximum absolute atomic E-state index is 9.63. The van der Waals surface area contributed by atoms with Crippen molar-refractivity contribution in [2.45, 2.75) is 12.8 Å². The molecule has 0 fully saturated rings. The first-order valence-corrected chi connectivity index (χ1v) is 5.40. The van der Waals surface area contributed by atoms with Gasteiger partial charge in [0.1, 0.15) is 5.75 Å². The van der Waals surface area contributed by atoms with Crippen LogP contribution >= 0.6 is 22.9 Å². The Balaban J connectivity index is 2.88. The molecule has 0 saturated heterocycles. The van der Waals surface area contributed by atoms with E-state index in [9.17, 15) is 5.11 Å². The van der Waals surface area contributed by atoms with Gasteiger partial charge in [-0.05, 0) is 35.6 Å². The van der Waals surface area contributed by atoms with Crippen LogP contribution in [0.2, 0.25) is 0 Å². The second-order valence-corrected chi connectivity index (χ2v) is 4.17. The zero-order valence-corrected chi connectivity index (χ0v) is 8.75. The fourth-order valence-electron chi connectivity index (χ4n) is 1.49. The molecule has 13 heavy (non-hydrogen) atoms. The van der Waals surface area contributed by atoms with Crippen LogP contribution in [-0.2, 0) is 5.88 Å². The summed E-state index contributed by atoms with van der Waals surface area (Å²) in [4.78, 5) is 0. The van der Waals surface area contributed by atoms with Gasteiger partial charge in [-0.3, -0.25) is 0 Å². The Kier molecular flexibility index (Phi) is 2.18. The number of alkyl halides is 1. The van der Waals surface area contributed by atoms with Crippen LogP contribution < -0.4 is 0 Å². The van der Waals surface area contributed by atoms with Crippen LogP contribution in [-0.4, -0.2) is 5.11 Å². The average Bonchev–Trinajstić information content (AvgIpc) is 2.53. The summed E-state index contributed by atoms with van der Waals surface area (Å²) < 4.78 is 0.932. The molecule has 1 nitrogen and oxygen atoms in total. The van der Waals surface area contributed by atoms with Crippen molar-refractivity contribution in [1.82, 2.24) is 0 Å². The number of halogens is 1. The third-order valence-electron chi connectivity index (χ3n) is 2.19. The van der Waals surface area contributed by atoms with E-state index in [1.807, 2.05) is 18.4 Å². The highest BCUT2D eigenvalue weighted by Crippen LogP contribution is 2.35. The molecule has 0 aliphatic carbocycles. The topological polar surface area (TPSA) is 20.2 Å². The lowest BCUT2D eigenvalue weighted by Crippen LogP contribution is -1.85. The summed E-state index contributed by atoms with van der Waals surface area (Å²) in [5, 5.41) is 12.7. The molecular weight excluding hydrogens is 204 g/mol. The molecule has 1 heterocycles. The molecule has 2 rings (SSSR count). The molecule has 1 aromatic heterocycles. The predicted octanol–water partition coefficient (Wildman–Crippen LogP) is 3.65. The molecular formula is C10H9ClOS. The maximum Gasteiger partial charge on any atom is 0.133 e. The molecule has 0 bridgehead atoms. The van der Waals surface area contributed by atoms with Crippen molar-refractivity contribution in [2.75, 3.05) is 0 Å². The maximum atomic E-state index is 9.63. The molecule has 2 aromatic rings. The number of rotatable bonds is 1. The first-order chi connectivity index (χ1) is 6.24. The van der Waals surface area contributed by atoms with Gasteiger partial charge in [-0.15, -0.1) is 22.9 Å². The van der Waals surface area contributed by atoms with Gasteiger partial charge in [0, 0.05) is 11.3 Å². The van der Waals surface area contributed by atoms with Gasteiger partial charge in [-0.25, -0.2) is 0 Å². The lowest BCUT2D eigenvalue weighted by atomic mass is 10.1. The molecule has 0 aliphatic rings. The number of thiophene rings is 1. The van der Waals surface area contributed by atoms with Crippen LogP contribution in [0.4, 0.5) is 0 Å². The Labute approximate surface area is 85.6 Å². The summed E-state index contributed by atoms with van der Waals surface area (Å²) in [6.45, 7) is 1.97. The van der Waals surface area contributed by atoms with Gasteiger partial charge >= 0.3 is 0 Å². The number of hydrogen-bond donors (Lipinski definition) is 1. The normalized spacial score (nSPS) is 10.9. The third-order valence-corrected chi connectivity index (χ3v) is 3.39. The summed E-state index contributed by atoms with van der Waals surface area (Å²) in [7, 11) is 0. The molecule has 0 aliphatic heterocycles. The predicted molar refractivity (Wildman–Crippen MR) is 57.8 cm³/mol. The molecule has 0 saturated carbocycles. The molecule has 0 radical (unpaired) electrons. The summed E-state index contributed by atoms with van der Waals surface area (Å²) >= 11 is 7.39. The first-order valence-electron chi connectivity index (χ1n) is 3.98. The van der Waals surface area contributed by atoms with E-state index in [0.717, 1.165) is 21.2 Å².